The van der Waals surface area contributed by atoms with Crippen LogP contribution in [0.4, 0.5) is 10.6 Å². The Balaban J connectivity index is 1.50. The molecule has 0 aromatic carbocycles. The number of aromatic nitrogens is 1. The van der Waals surface area contributed by atoms with Crippen LogP contribution < -0.4 is 10.2 Å². The normalized spacial score (nSPS) is 27.2. The van der Waals surface area contributed by atoms with E-state index in [0.29, 0.717) is 11.8 Å². The molecule has 1 aromatic rings. The molecule has 21 heavy (non-hydrogen) atoms. The van der Waals surface area contributed by atoms with Crippen molar-refractivity contribution < 1.29 is 9.53 Å². The van der Waals surface area contributed by atoms with Gasteiger partial charge < -0.3 is 15.0 Å². The van der Waals surface area contributed by atoms with Crippen LogP contribution in [0.5, 0.6) is 0 Å². The largest absolute Gasteiger partial charge is 0.444 e. The summed E-state index contributed by atoms with van der Waals surface area (Å²) < 4.78 is 6.28. The highest BCUT2D eigenvalue weighted by Gasteiger charge is 2.57. The summed E-state index contributed by atoms with van der Waals surface area (Å²) in [5.41, 5.74) is -0.443. The first-order valence-electron chi connectivity index (χ1n) is 7.19. The van der Waals surface area contributed by atoms with Crippen molar-refractivity contribution in [2.45, 2.75) is 32.4 Å². The van der Waals surface area contributed by atoms with Gasteiger partial charge in [-0.25, -0.2) is 9.78 Å². The van der Waals surface area contributed by atoms with E-state index in [0.717, 1.165) is 23.4 Å². The zero-order valence-electron chi connectivity index (χ0n) is 12.5. The van der Waals surface area contributed by atoms with Crippen molar-refractivity contribution in [3.05, 3.63) is 22.8 Å². The molecule has 2 aliphatic rings. The highest BCUT2D eigenvalue weighted by Crippen LogP contribution is 2.46. The number of fused-ring (bicyclic) bond motifs is 1. The van der Waals surface area contributed by atoms with Crippen molar-refractivity contribution in [3.8, 4) is 0 Å². The van der Waals surface area contributed by atoms with Crippen LogP contribution in [0.15, 0.2) is 22.8 Å². The number of pyridine rings is 1. The minimum atomic E-state index is -0.443. The average molecular weight is 354 g/mol. The predicted octanol–water partition coefficient (Wildman–Crippen LogP) is 2.80. The lowest BCUT2D eigenvalue weighted by atomic mass is 10.2. The summed E-state index contributed by atoms with van der Waals surface area (Å²) in [7, 11) is 0. The lowest BCUT2D eigenvalue weighted by Crippen LogP contribution is -2.38. The van der Waals surface area contributed by atoms with Crippen LogP contribution in [0.25, 0.3) is 0 Å². The first-order chi connectivity index (χ1) is 9.83. The molecule has 1 saturated carbocycles. The molecule has 1 aromatic heterocycles. The Hall–Kier alpha value is -1.30. The maximum atomic E-state index is 11.8. The molecule has 2 unspecified atom stereocenters. The lowest BCUT2D eigenvalue weighted by molar-refractivity contribution is 0.0518. The molecule has 2 fully saturated rings. The van der Waals surface area contributed by atoms with E-state index in [1.165, 1.54) is 0 Å². The van der Waals surface area contributed by atoms with Gasteiger partial charge in [0.15, 0.2) is 0 Å². The van der Waals surface area contributed by atoms with Crippen LogP contribution in [0.1, 0.15) is 20.8 Å². The fraction of sp³-hybridized carbons (Fsp3) is 0.600. The summed E-state index contributed by atoms with van der Waals surface area (Å²) in [5.74, 6) is 2.03. The first-order valence-corrected chi connectivity index (χ1v) is 7.99. The van der Waals surface area contributed by atoms with Gasteiger partial charge in [0.2, 0.25) is 0 Å². The molecule has 114 valence electrons. The van der Waals surface area contributed by atoms with Crippen LogP contribution in [0.3, 0.4) is 0 Å². The quantitative estimate of drug-likeness (QED) is 0.888. The number of ether oxygens (including phenoxy) is 1. The Morgan fingerprint density at radius 3 is 2.57 bits per heavy atom. The van der Waals surface area contributed by atoms with Crippen LogP contribution in [0.2, 0.25) is 0 Å². The van der Waals surface area contributed by atoms with Gasteiger partial charge in [-0.3, -0.25) is 0 Å². The molecule has 1 aliphatic carbocycles. The molecular weight excluding hydrogens is 334 g/mol. The van der Waals surface area contributed by atoms with Crippen LogP contribution in [0, 0.1) is 11.8 Å². The third-order valence-corrected chi connectivity index (χ3v) is 4.38. The van der Waals surface area contributed by atoms with Crippen molar-refractivity contribution >= 4 is 27.8 Å². The third kappa shape index (κ3) is 3.31. The molecule has 3 rings (SSSR count). The van der Waals surface area contributed by atoms with E-state index in [9.17, 15) is 4.79 Å². The number of carbonyl (C=O) groups excluding carboxylic acids is 1. The van der Waals surface area contributed by atoms with Gasteiger partial charge in [0.25, 0.3) is 0 Å². The number of piperidine rings is 1. The summed E-state index contributed by atoms with van der Waals surface area (Å²) in [5, 5.41) is 2.98. The van der Waals surface area contributed by atoms with E-state index in [1.54, 1.807) is 0 Å². The standard InChI is InChI=1S/C15H20BrN3O2/c1-15(2,3)21-14(20)18-13-10-7-19(8-11(10)13)12-5-4-9(16)6-17-12/h4-6,10-11,13H,7-8H2,1-3H3,(H,18,20). The smallest absolute Gasteiger partial charge is 0.407 e. The zero-order valence-corrected chi connectivity index (χ0v) is 14.1. The van der Waals surface area contributed by atoms with Gasteiger partial charge in [-0.2, -0.15) is 0 Å². The van der Waals surface area contributed by atoms with Crippen molar-refractivity contribution in [2.24, 2.45) is 11.8 Å². The van der Waals surface area contributed by atoms with E-state index in [4.69, 9.17) is 4.74 Å². The molecule has 0 spiro atoms. The maximum absolute atomic E-state index is 11.8. The van der Waals surface area contributed by atoms with Gasteiger partial charge in [-0.1, -0.05) is 0 Å². The Labute approximate surface area is 133 Å². The molecule has 6 heteroatoms. The van der Waals surface area contributed by atoms with E-state index >= 15 is 0 Å². The molecule has 1 N–H and O–H groups in total. The second-order valence-corrected chi connectivity index (χ2v) is 7.65. The van der Waals surface area contributed by atoms with Gasteiger partial charge in [0, 0.05) is 41.6 Å². The molecule has 0 bridgehead atoms. The van der Waals surface area contributed by atoms with Crippen molar-refractivity contribution in [1.29, 1.82) is 0 Å². The minimum Gasteiger partial charge on any atom is -0.444 e. The summed E-state index contributed by atoms with van der Waals surface area (Å²) >= 11 is 3.39. The number of nitrogens with one attached hydrogen (secondary N) is 1. The molecule has 1 saturated heterocycles. The first kappa shape index (κ1) is 14.6. The number of carbonyl (C=O) groups is 1. The number of halogens is 1. The molecule has 0 radical (unpaired) electrons. The number of alkyl carbamates (subject to hydrolysis) is 1. The monoisotopic (exact) mass is 353 g/mol. The highest BCUT2D eigenvalue weighted by molar-refractivity contribution is 9.10. The third-order valence-electron chi connectivity index (χ3n) is 3.91. The molecule has 5 nitrogen and oxygen atoms in total. The maximum Gasteiger partial charge on any atom is 0.407 e. The number of nitrogens with zero attached hydrogens (tertiary/aromatic N) is 2. The summed E-state index contributed by atoms with van der Waals surface area (Å²) in [6.45, 7) is 7.52. The van der Waals surface area contributed by atoms with Gasteiger partial charge >= 0.3 is 6.09 Å². The Morgan fingerprint density at radius 2 is 2.05 bits per heavy atom. The molecule has 1 amide bonds. The Kier molecular flexibility index (Phi) is 3.59. The van der Waals surface area contributed by atoms with E-state index in [2.05, 4.69) is 31.1 Å². The zero-order chi connectivity index (χ0) is 15.2. The highest BCUT2D eigenvalue weighted by atomic mass is 79.9. The number of amides is 1. The van der Waals surface area contributed by atoms with Crippen molar-refractivity contribution in [3.63, 3.8) is 0 Å². The van der Waals surface area contributed by atoms with Crippen LogP contribution in [-0.2, 0) is 4.74 Å². The van der Waals surface area contributed by atoms with Gasteiger partial charge in [0.1, 0.15) is 11.4 Å². The topological polar surface area (TPSA) is 54.5 Å². The Bertz CT molecular complexity index is 529. The Morgan fingerprint density at radius 1 is 1.38 bits per heavy atom. The van der Waals surface area contributed by atoms with Gasteiger partial charge in [-0.15, -0.1) is 0 Å². The van der Waals surface area contributed by atoms with Crippen LogP contribution >= 0.6 is 15.9 Å². The average Bonchev–Trinajstić information content (AvgIpc) is 2.83. The molecule has 1 aliphatic heterocycles. The van der Waals surface area contributed by atoms with Gasteiger partial charge in [-0.05, 0) is 48.8 Å². The fourth-order valence-electron chi connectivity index (χ4n) is 2.93. The lowest BCUT2D eigenvalue weighted by Gasteiger charge is -2.23. The molecular formula is C15H20BrN3O2. The number of rotatable bonds is 2. The molecule has 2 heterocycles. The summed E-state index contributed by atoms with van der Waals surface area (Å²) in [6.07, 6.45) is 1.51. The van der Waals surface area contributed by atoms with E-state index < -0.39 is 5.60 Å². The minimum absolute atomic E-state index is 0.256. The fourth-order valence-corrected chi connectivity index (χ4v) is 3.16. The van der Waals surface area contributed by atoms with E-state index in [1.807, 2.05) is 39.1 Å². The van der Waals surface area contributed by atoms with Crippen LogP contribution in [-0.4, -0.2) is 35.8 Å². The number of hydrogen-bond acceptors (Lipinski definition) is 4. The number of anilines is 1. The second-order valence-electron chi connectivity index (χ2n) is 6.74. The van der Waals surface area contributed by atoms with E-state index in [-0.39, 0.29) is 12.1 Å². The predicted molar refractivity (Wildman–Crippen MR) is 84.3 cm³/mol. The van der Waals surface area contributed by atoms with Gasteiger partial charge in [0.05, 0.1) is 0 Å². The number of hydrogen-bond donors (Lipinski definition) is 1. The van der Waals surface area contributed by atoms with Crippen molar-refractivity contribution in [1.82, 2.24) is 10.3 Å². The van der Waals surface area contributed by atoms with Crippen molar-refractivity contribution in [2.75, 3.05) is 18.0 Å². The summed E-state index contributed by atoms with van der Waals surface area (Å²) in [4.78, 5) is 18.5. The molecule has 2 atom stereocenters. The summed E-state index contributed by atoms with van der Waals surface area (Å²) in [6, 6.07) is 4.28. The SMILES string of the molecule is CC(C)(C)OC(=O)NC1C2CN(c3ccc(Br)cn3)CC21. The second kappa shape index (κ2) is 5.16.